The van der Waals surface area contributed by atoms with Crippen LogP contribution in [0.2, 0.25) is 0 Å². The second-order valence-corrected chi connectivity index (χ2v) is 7.13. The summed E-state index contributed by atoms with van der Waals surface area (Å²) in [5, 5.41) is 6.64. The van der Waals surface area contributed by atoms with Gasteiger partial charge in [-0.25, -0.2) is 9.97 Å². The van der Waals surface area contributed by atoms with Crippen LogP contribution in [0.3, 0.4) is 0 Å². The van der Waals surface area contributed by atoms with Crippen molar-refractivity contribution in [3.8, 4) is 0 Å². The van der Waals surface area contributed by atoms with E-state index in [1.54, 1.807) is 6.33 Å². The molecule has 2 aromatic carbocycles. The third kappa shape index (κ3) is 5.43. The third-order valence-corrected chi connectivity index (χ3v) is 4.64. The standard InChI is InChI=1S/C24H28N4/c1-5-25-24-15-23(26-16-27-24)14-20-7-10-22(11-8-20)28-19(4)13-21-9-6-17(2)12-18(21)3/h6-12,15-16,28H,4-5,13-14H2,1-3H3,(H,25,26,27). The molecular formula is C24H28N4. The summed E-state index contributed by atoms with van der Waals surface area (Å²) < 4.78 is 0. The largest absolute Gasteiger partial charge is 0.370 e. The number of nitrogens with one attached hydrogen (secondary N) is 2. The van der Waals surface area contributed by atoms with Gasteiger partial charge in [0.2, 0.25) is 0 Å². The molecule has 0 aliphatic heterocycles. The number of benzene rings is 2. The van der Waals surface area contributed by atoms with Crippen LogP contribution in [0.5, 0.6) is 0 Å². The monoisotopic (exact) mass is 372 g/mol. The van der Waals surface area contributed by atoms with Gasteiger partial charge in [0.25, 0.3) is 0 Å². The lowest BCUT2D eigenvalue weighted by Crippen LogP contribution is -2.03. The van der Waals surface area contributed by atoms with Crippen LogP contribution in [0, 0.1) is 13.8 Å². The number of hydrogen-bond acceptors (Lipinski definition) is 4. The predicted molar refractivity (Wildman–Crippen MR) is 118 cm³/mol. The Morgan fingerprint density at radius 3 is 2.50 bits per heavy atom. The summed E-state index contributed by atoms with van der Waals surface area (Å²) in [5.74, 6) is 0.869. The van der Waals surface area contributed by atoms with Crippen LogP contribution in [0.4, 0.5) is 11.5 Å². The van der Waals surface area contributed by atoms with Crippen molar-refractivity contribution in [2.45, 2.75) is 33.6 Å². The van der Waals surface area contributed by atoms with Crippen molar-refractivity contribution < 1.29 is 0 Å². The quantitative estimate of drug-likeness (QED) is 0.564. The molecule has 0 aliphatic carbocycles. The number of anilines is 2. The molecule has 28 heavy (non-hydrogen) atoms. The lowest BCUT2D eigenvalue weighted by molar-refractivity contribution is 1.02. The van der Waals surface area contributed by atoms with Gasteiger partial charge in [-0.3, -0.25) is 0 Å². The summed E-state index contributed by atoms with van der Waals surface area (Å²) in [4.78, 5) is 8.59. The molecule has 0 spiro atoms. The van der Waals surface area contributed by atoms with Gasteiger partial charge in [0.1, 0.15) is 12.1 Å². The van der Waals surface area contributed by atoms with E-state index in [-0.39, 0.29) is 0 Å². The number of rotatable bonds is 8. The van der Waals surface area contributed by atoms with Crippen LogP contribution in [-0.4, -0.2) is 16.5 Å². The number of allylic oxidation sites excluding steroid dienone is 1. The maximum Gasteiger partial charge on any atom is 0.129 e. The van der Waals surface area contributed by atoms with Crippen LogP contribution >= 0.6 is 0 Å². The molecule has 0 aliphatic rings. The van der Waals surface area contributed by atoms with E-state index in [9.17, 15) is 0 Å². The highest BCUT2D eigenvalue weighted by atomic mass is 15.0. The Balaban J connectivity index is 1.59. The minimum Gasteiger partial charge on any atom is -0.370 e. The van der Waals surface area contributed by atoms with Crippen LogP contribution in [0.1, 0.15) is 34.9 Å². The summed E-state index contributed by atoms with van der Waals surface area (Å²) in [6.45, 7) is 11.4. The fraction of sp³-hybridized carbons (Fsp3) is 0.250. The highest BCUT2D eigenvalue weighted by Crippen LogP contribution is 2.18. The lowest BCUT2D eigenvalue weighted by atomic mass is 10.0. The molecule has 4 nitrogen and oxygen atoms in total. The zero-order chi connectivity index (χ0) is 19.9. The molecule has 0 bridgehead atoms. The SMILES string of the molecule is C=C(Cc1ccc(C)cc1C)Nc1ccc(Cc2cc(NCC)ncn2)cc1. The summed E-state index contributed by atoms with van der Waals surface area (Å²) >= 11 is 0. The molecule has 0 unspecified atom stereocenters. The molecule has 3 rings (SSSR count). The molecule has 0 amide bonds. The lowest BCUT2D eigenvalue weighted by Gasteiger charge is -2.12. The average Bonchev–Trinajstić information content (AvgIpc) is 2.66. The highest BCUT2D eigenvalue weighted by Gasteiger charge is 2.04. The Labute approximate surface area is 167 Å². The van der Waals surface area contributed by atoms with Gasteiger partial charge < -0.3 is 10.6 Å². The number of aromatic nitrogens is 2. The summed E-state index contributed by atoms with van der Waals surface area (Å²) in [6.07, 6.45) is 3.22. The highest BCUT2D eigenvalue weighted by molar-refractivity contribution is 5.50. The summed E-state index contributed by atoms with van der Waals surface area (Å²) in [5.41, 5.74) is 8.16. The Morgan fingerprint density at radius 2 is 1.79 bits per heavy atom. The van der Waals surface area contributed by atoms with Crippen LogP contribution in [0.25, 0.3) is 0 Å². The Morgan fingerprint density at radius 1 is 1.00 bits per heavy atom. The van der Waals surface area contributed by atoms with Gasteiger partial charge in [0.15, 0.2) is 0 Å². The van der Waals surface area contributed by atoms with Crippen molar-refractivity contribution >= 4 is 11.5 Å². The molecule has 0 saturated heterocycles. The summed E-state index contributed by atoms with van der Waals surface area (Å²) in [7, 11) is 0. The van der Waals surface area contributed by atoms with Crippen molar-refractivity contribution in [1.29, 1.82) is 0 Å². The predicted octanol–water partition coefficient (Wildman–Crippen LogP) is 5.28. The minimum absolute atomic E-state index is 0.782. The summed E-state index contributed by atoms with van der Waals surface area (Å²) in [6, 6.07) is 17.0. The maximum atomic E-state index is 4.37. The van der Waals surface area contributed by atoms with E-state index in [4.69, 9.17) is 0 Å². The molecule has 1 heterocycles. The molecule has 4 heteroatoms. The van der Waals surface area contributed by atoms with Crippen LogP contribution < -0.4 is 10.6 Å². The molecule has 0 saturated carbocycles. The molecule has 0 radical (unpaired) electrons. The Bertz CT molecular complexity index is 945. The molecule has 1 aromatic heterocycles. The van der Waals surface area contributed by atoms with E-state index in [0.717, 1.165) is 42.3 Å². The van der Waals surface area contributed by atoms with Gasteiger partial charge in [-0.2, -0.15) is 0 Å². The first-order chi connectivity index (χ1) is 13.5. The second kappa shape index (κ2) is 9.18. The number of hydrogen-bond donors (Lipinski definition) is 2. The average molecular weight is 373 g/mol. The first-order valence-corrected chi connectivity index (χ1v) is 9.68. The van der Waals surface area contributed by atoms with Crippen molar-refractivity contribution in [3.63, 3.8) is 0 Å². The molecule has 3 aromatic rings. The van der Waals surface area contributed by atoms with Crippen molar-refractivity contribution in [3.05, 3.63) is 95.1 Å². The van der Waals surface area contributed by atoms with Crippen LogP contribution in [0.15, 0.2) is 67.1 Å². The first-order valence-electron chi connectivity index (χ1n) is 9.68. The van der Waals surface area contributed by atoms with E-state index < -0.39 is 0 Å². The zero-order valence-corrected chi connectivity index (χ0v) is 16.9. The topological polar surface area (TPSA) is 49.8 Å². The molecule has 0 atom stereocenters. The first kappa shape index (κ1) is 19.6. The Kier molecular flexibility index (Phi) is 6.43. The second-order valence-electron chi connectivity index (χ2n) is 7.13. The van der Waals surface area contributed by atoms with Gasteiger partial charge in [-0.05, 0) is 49.6 Å². The van der Waals surface area contributed by atoms with Crippen molar-refractivity contribution in [2.24, 2.45) is 0 Å². The molecule has 2 N–H and O–H groups in total. The third-order valence-electron chi connectivity index (χ3n) is 4.64. The smallest absolute Gasteiger partial charge is 0.129 e. The number of nitrogens with zero attached hydrogens (tertiary/aromatic N) is 2. The molecule has 0 fully saturated rings. The molecular weight excluding hydrogens is 344 g/mol. The van der Waals surface area contributed by atoms with Gasteiger partial charge in [0.05, 0.1) is 5.69 Å². The fourth-order valence-electron chi connectivity index (χ4n) is 3.21. The molecule has 144 valence electrons. The van der Waals surface area contributed by atoms with E-state index >= 15 is 0 Å². The minimum atomic E-state index is 0.782. The zero-order valence-electron chi connectivity index (χ0n) is 16.9. The van der Waals surface area contributed by atoms with Crippen LogP contribution in [-0.2, 0) is 12.8 Å². The van der Waals surface area contributed by atoms with E-state index in [1.165, 1.54) is 22.3 Å². The van der Waals surface area contributed by atoms with Gasteiger partial charge in [0, 0.05) is 36.8 Å². The normalized spacial score (nSPS) is 10.5. The van der Waals surface area contributed by atoms with Gasteiger partial charge in [-0.15, -0.1) is 0 Å². The Hall–Kier alpha value is -3.14. The fourth-order valence-corrected chi connectivity index (χ4v) is 3.21. The van der Waals surface area contributed by atoms with Crippen molar-refractivity contribution in [1.82, 2.24) is 9.97 Å². The number of aryl methyl sites for hydroxylation is 2. The maximum absolute atomic E-state index is 4.37. The van der Waals surface area contributed by atoms with Gasteiger partial charge >= 0.3 is 0 Å². The van der Waals surface area contributed by atoms with E-state index in [0.29, 0.717) is 0 Å². The van der Waals surface area contributed by atoms with Gasteiger partial charge in [-0.1, -0.05) is 42.5 Å². The van der Waals surface area contributed by atoms with Crippen molar-refractivity contribution in [2.75, 3.05) is 17.2 Å². The van der Waals surface area contributed by atoms with E-state index in [1.807, 2.05) is 6.07 Å². The van der Waals surface area contributed by atoms with E-state index in [2.05, 4.69) is 90.4 Å².